The molecule has 2 nitrogen and oxygen atoms in total. The van der Waals surface area contributed by atoms with Gasteiger partial charge in [0, 0.05) is 0 Å². The summed E-state index contributed by atoms with van der Waals surface area (Å²) in [6.45, 7) is -0.250. The van der Waals surface area contributed by atoms with E-state index in [0.29, 0.717) is 5.92 Å². The Labute approximate surface area is 86.3 Å². The van der Waals surface area contributed by atoms with E-state index in [1.165, 1.54) is 0 Å². The number of rotatable bonds is 1. The Morgan fingerprint density at radius 1 is 1.50 bits per heavy atom. The second kappa shape index (κ2) is 4.96. The number of halogens is 2. The summed E-state index contributed by atoms with van der Waals surface area (Å²) < 4.78 is 13.2. The van der Waals surface area contributed by atoms with Crippen molar-refractivity contribution in [2.45, 2.75) is 18.8 Å². The lowest BCUT2D eigenvalue weighted by Crippen LogP contribution is -1.86. The van der Waals surface area contributed by atoms with Gasteiger partial charge in [-0.25, -0.2) is 4.39 Å². The van der Waals surface area contributed by atoms with Gasteiger partial charge in [0.1, 0.15) is 5.82 Å². The normalized spacial score (nSPS) is 14.1. The average molecular weight is 217 g/mol. The van der Waals surface area contributed by atoms with Gasteiger partial charge in [-0.1, -0.05) is 23.7 Å². The van der Waals surface area contributed by atoms with Gasteiger partial charge < -0.3 is 5.11 Å². The summed E-state index contributed by atoms with van der Waals surface area (Å²) in [5, 5.41) is 7.13. The minimum absolute atomic E-state index is 0.225. The Hall–Kier alpha value is -1.09. The molecule has 0 heterocycles. The second-order valence-corrected chi connectivity index (χ2v) is 3.43. The van der Waals surface area contributed by atoms with Gasteiger partial charge >= 0.3 is 0 Å². The van der Waals surface area contributed by atoms with Crippen LogP contribution < -0.4 is 0 Å². The summed E-state index contributed by atoms with van der Waals surface area (Å²) >= 11 is 5.61. The van der Waals surface area contributed by atoms with Crippen LogP contribution in [0.1, 0.15) is 24.3 Å². The third kappa shape index (κ3) is 2.70. The SMILES string of the molecule is Fc1c(Cl)cccc1C1CC1.O=CO. The van der Waals surface area contributed by atoms with Crippen molar-refractivity contribution in [1.82, 2.24) is 0 Å². The summed E-state index contributed by atoms with van der Waals surface area (Å²) in [4.78, 5) is 8.36. The molecule has 14 heavy (non-hydrogen) atoms. The molecule has 0 amide bonds. The highest BCUT2D eigenvalue weighted by Gasteiger charge is 2.26. The first-order valence-electron chi connectivity index (χ1n) is 4.22. The molecule has 0 radical (unpaired) electrons. The minimum atomic E-state index is -0.250. The Kier molecular flexibility index (Phi) is 3.89. The standard InChI is InChI=1S/C9H8ClF.CH2O2/c10-8-3-1-2-7(9(8)11)6-4-5-6;2-1-3/h1-3,6H,4-5H2;1H,(H,2,3). The Balaban J connectivity index is 0.000000293. The van der Waals surface area contributed by atoms with Gasteiger partial charge in [0.05, 0.1) is 5.02 Å². The summed E-state index contributed by atoms with van der Waals surface area (Å²) in [6, 6.07) is 5.21. The third-order valence-electron chi connectivity index (χ3n) is 2.00. The van der Waals surface area contributed by atoms with Gasteiger partial charge in [0.15, 0.2) is 0 Å². The van der Waals surface area contributed by atoms with Crippen molar-refractivity contribution in [1.29, 1.82) is 0 Å². The van der Waals surface area contributed by atoms with E-state index < -0.39 is 0 Å². The second-order valence-electron chi connectivity index (χ2n) is 3.02. The van der Waals surface area contributed by atoms with Gasteiger partial charge in [-0.3, -0.25) is 4.79 Å². The molecule has 76 valence electrons. The van der Waals surface area contributed by atoms with Crippen LogP contribution in [0.2, 0.25) is 5.02 Å². The molecule has 0 aromatic heterocycles. The zero-order valence-corrected chi connectivity index (χ0v) is 8.17. The first-order chi connectivity index (χ1) is 6.70. The Morgan fingerprint density at radius 2 is 2.07 bits per heavy atom. The molecule has 4 heteroatoms. The molecule has 1 fully saturated rings. The molecule has 1 saturated carbocycles. The molecule has 0 spiro atoms. The summed E-state index contributed by atoms with van der Waals surface area (Å²) in [7, 11) is 0. The molecule has 1 aromatic rings. The van der Waals surface area contributed by atoms with Gasteiger partial charge in [-0.15, -0.1) is 0 Å². The van der Waals surface area contributed by atoms with Crippen LogP contribution in [0.4, 0.5) is 4.39 Å². The number of hydrogen-bond acceptors (Lipinski definition) is 1. The van der Waals surface area contributed by atoms with Crippen LogP contribution in [0.3, 0.4) is 0 Å². The molecule has 0 saturated heterocycles. The summed E-state index contributed by atoms with van der Waals surface area (Å²) in [5.74, 6) is 0.213. The van der Waals surface area contributed by atoms with E-state index in [1.807, 2.05) is 6.07 Å². The van der Waals surface area contributed by atoms with Crippen LogP contribution in [-0.2, 0) is 4.79 Å². The van der Waals surface area contributed by atoms with Gasteiger partial charge in [-0.2, -0.15) is 0 Å². The fourth-order valence-corrected chi connectivity index (χ4v) is 1.41. The third-order valence-corrected chi connectivity index (χ3v) is 2.29. The van der Waals surface area contributed by atoms with E-state index >= 15 is 0 Å². The van der Waals surface area contributed by atoms with Crippen molar-refractivity contribution < 1.29 is 14.3 Å². The molecular formula is C10H10ClFO2. The molecule has 0 atom stereocenters. The highest BCUT2D eigenvalue weighted by molar-refractivity contribution is 6.30. The first-order valence-corrected chi connectivity index (χ1v) is 4.60. The molecule has 1 aliphatic rings. The maximum atomic E-state index is 13.2. The fraction of sp³-hybridized carbons (Fsp3) is 0.300. The molecule has 1 aromatic carbocycles. The van der Waals surface area contributed by atoms with Crippen molar-refractivity contribution in [2.24, 2.45) is 0 Å². The number of benzene rings is 1. The highest BCUT2D eigenvalue weighted by atomic mass is 35.5. The largest absolute Gasteiger partial charge is 0.483 e. The molecule has 1 N–H and O–H groups in total. The lowest BCUT2D eigenvalue weighted by atomic mass is 10.1. The Bertz CT molecular complexity index is 324. The lowest BCUT2D eigenvalue weighted by molar-refractivity contribution is -0.122. The maximum Gasteiger partial charge on any atom is 0.290 e. The molecule has 0 unspecified atom stereocenters. The fourth-order valence-electron chi connectivity index (χ4n) is 1.23. The average Bonchev–Trinajstić information content (AvgIpc) is 2.94. The van der Waals surface area contributed by atoms with Crippen LogP contribution in [0.15, 0.2) is 18.2 Å². The topological polar surface area (TPSA) is 37.3 Å². The van der Waals surface area contributed by atoms with Crippen molar-refractivity contribution >= 4 is 18.1 Å². The predicted octanol–water partition coefficient (Wildman–Crippen LogP) is 3.06. The summed E-state index contributed by atoms with van der Waals surface area (Å²) in [5.41, 5.74) is 0.789. The number of carbonyl (C=O) groups is 1. The van der Waals surface area contributed by atoms with E-state index in [0.717, 1.165) is 18.4 Å². The zero-order valence-electron chi connectivity index (χ0n) is 7.41. The molecule has 0 bridgehead atoms. The van der Waals surface area contributed by atoms with Crippen molar-refractivity contribution in [3.05, 3.63) is 34.6 Å². The van der Waals surface area contributed by atoms with Crippen LogP contribution in [-0.4, -0.2) is 11.6 Å². The van der Waals surface area contributed by atoms with Gasteiger partial charge in [0.2, 0.25) is 0 Å². The highest BCUT2D eigenvalue weighted by Crippen LogP contribution is 2.42. The molecular weight excluding hydrogens is 207 g/mol. The van der Waals surface area contributed by atoms with Crippen LogP contribution in [0.25, 0.3) is 0 Å². The maximum absolute atomic E-state index is 13.2. The Morgan fingerprint density at radius 3 is 2.57 bits per heavy atom. The number of hydrogen-bond donors (Lipinski definition) is 1. The predicted molar refractivity (Wildman–Crippen MR) is 52.1 cm³/mol. The molecule has 1 aliphatic carbocycles. The van der Waals surface area contributed by atoms with E-state index in [2.05, 4.69) is 0 Å². The first kappa shape index (κ1) is 11.0. The van der Waals surface area contributed by atoms with Crippen LogP contribution >= 0.6 is 11.6 Å². The number of carboxylic acid groups (broad SMARTS) is 1. The van der Waals surface area contributed by atoms with E-state index in [1.54, 1.807) is 12.1 Å². The van der Waals surface area contributed by atoms with E-state index in [4.69, 9.17) is 21.5 Å². The van der Waals surface area contributed by atoms with Crippen molar-refractivity contribution in [3.8, 4) is 0 Å². The lowest BCUT2D eigenvalue weighted by Gasteiger charge is -2.00. The minimum Gasteiger partial charge on any atom is -0.483 e. The monoisotopic (exact) mass is 216 g/mol. The molecule has 2 rings (SSSR count). The van der Waals surface area contributed by atoms with Crippen LogP contribution in [0, 0.1) is 5.82 Å². The quantitative estimate of drug-likeness (QED) is 0.733. The van der Waals surface area contributed by atoms with Crippen molar-refractivity contribution in [3.63, 3.8) is 0 Å². The smallest absolute Gasteiger partial charge is 0.290 e. The van der Waals surface area contributed by atoms with Crippen LogP contribution in [0.5, 0.6) is 0 Å². The van der Waals surface area contributed by atoms with Gasteiger partial charge in [0.25, 0.3) is 6.47 Å². The van der Waals surface area contributed by atoms with E-state index in [-0.39, 0.29) is 17.3 Å². The summed E-state index contributed by atoms with van der Waals surface area (Å²) in [6.07, 6.45) is 2.22. The van der Waals surface area contributed by atoms with E-state index in [9.17, 15) is 4.39 Å². The molecule has 0 aliphatic heterocycles. The van der Waals surface area contributed by atoms with Crippen molar-refractivity contribution in [2.75, 3.05) is 0 Å². The zero-order chi connectivity index (χ0) is 10.6. The van der Waals surface area contributed by atoms with Gasteiger partial charge in [-0.05, 0) is 30.4 Å².